The standard InChI is InChI=1S/C32H32FN3O7/c1-40-23-12-8-21(9-13-23)32(20-6-4-3-5-7-20,22-10-14-24(41-2)15-11-22)42-19-26-25(18-27(34)37)29(33)30(43-26)36-17-16-28(38)35-31(36)39/h3-17,25-26,29-30H,18-19H2,1-2H3,(H2,34,37)(H,35,38,39)/t25-,26-,29-,30-/m1/s1. The zero-order chi connectivity index (χ0) is 30.6. The summed E-state index contributed by atoms with van der Waals surface area (Å²) in [6, 6.07) is 25.4. The van der Waals surface area contributed by atoms with Gasteiger partial charge in [0.05, 0.1) is 26.9 Å². The SMILES string of the molecule is COc1ccc(C(OC[C@H]2O[C@@H](n3ccc(=O)[nH]c3=O)[C@H](F)[C@@H]2CC(N)=O)(c2ccccc2)c2ccc(OC)cc2)cc1. The van der Waals surface area contributed by atoms with Gasteiger partial charge in [-0.25, -0.2) is 9.18 Å². The third-order valence-corrected chi connectivity index (χ3v) is 7.67. The highest BCUT2D eigenvalue weighted by atomic mass is 19.1. The van der Waals surface area contributed by atoms with Gasteiger partial charge in [-0.1, -0.05) is 54.6 Å². The number of carbonyl (C=O) groups is 1. The van der Waals surface area contributed by atoms with Crippen molar-refractivity contribution in [2.75, 3.05) is 20.8 Å². The van der Waals surface area contributed by atoms with Gasteiger partial charge in [0.2, 0.25) is 5.91 Å². The number of aromatic nitrogens is 2. The molecule has 1 saturated heterocycles. The fraction of sp³-hybridized carbons (Fsp3) is 0.281. The Morgan fingerprint density at radius 2 is 1.47 bits per heavy atom. The molecular weight excluding hydrogens is 557 g/mol. The molecule has 10 nitrogen and oxygen atoms in total. The van der Waals surface area contributed by atoms with Crippen LogP contribution in [0.3, 0.4) is 0 Å². The number of aromatic amines is 1. The number of carbonyl (C=O) groups excluding carboxylic acids is 1. The van der Waals surface area contributed by atoms with Gasteiger partial charge in [0.1, 0.15) is 17.1 Å². The highest BCUT2D eigenvalue weighted by molar-refractivity contribution is 5.74. The molecule has 0 bridgehead atoms. The van der Waals surface area contributed by atoms with E-state index in [0.717, 1.165) is 33.5 Å². The number of nitrogens with zero attached hydrogens (tertiary/aromatic N) is 1. The van der Waals surface area contributed by atoms with Crippen molar-refractivity contribution < 1.29 is 28.1 Å². The van der Waals surface area contributed by atoms with Crippen molar-refractivity contribution in [3.05, 3.63) is 129 Å². The van der Waals surface area contributed by atoms with E-state index in [2.05, 4.69) is 4.98 Å². The number of H-pyrrole nitrogens is 1. The number of halogens is 1. The van der Waals surface area contributed by atoms with Crippen molar-refractivity contribution in [3.8, 4) is 11.5 Å². The number of alkyl halides is 1. The van der Waals surface area contributed by atoms with Crippen molar-refractivity contribution in [2.45, 2.75) is 30.5 Å². The Hall–Kier alpha value is -4.74. The van der Waals surface area contributed by atoms with Gasteiger partial charge in [-0.3, -0.25) is 19.1 Å². The predicted octanol–water partition coefficient (Wildman–Crippen LogP) is 3.29. The number of ether oxygens (including phenoxy) is 4. The number of nitrogens with one attached hydrogen (secondary N) is 1. The summed E-state index contributed by atoms with van der Waals surface area (Å²) in [5, 5.41) is 0. The minimum Gasteiger partial charge on any atom is -0.497 e. The van der Waals surface area contributed by atoms with Crippen LogP contribution < -0.4 is 26.5 Å². The smallest absolute Gasteiger partial charge is 0.330 e. The number of methoxy groups -OCH3 is 2. The maximum atomic E-state index is 15.9. The van der Waals surface area contributed by atoms with Crippen molar-refractivity contribution in [1.82, 2.24) is 9.55 Å². The van der Waals surface area contributed by atoms with Crippen LogP contribution in [0.2, 0.25) is 0 Å². The van der Waals surface area contributed by atoms with E-state index < -0.39 is 47.2 Å². The number of benzene rings is 3. The van der Waals surface area contributed by atoms with Crippen LogP contribution in [0.4, 0.5) is 4.39 Å². The third-order valence-electron chi connectivity index (χ3n) is 7.67. The second-order valence-electron chi connectivity index (χ2n) is 10.2. The lowest BCUT2D eigenvalue weighted by atomic mass is 9.80. The molecule has 0 spiro atoms. The van der Waals surface area contributed by atoms with Crippen molar-refractivity contribution in [2.24, 2.45) is 11.7 Å². The highest BCUT2D eigenvalue weighted by Gasteiger charge is 2.48. The number of primary amides is 1. The number of hydrogen-bond donors (Lipinski definition) is 2. The first kappa shape index (κ1) is 29.7. The molecule has 5 rings (SSSR count). The predicted molar refractivity (Wildman–Crippen MR) is 156 cm³/mol. The van der Waals surface area contributed by atoms with Gasteiger partial charge in [0.15, 0.2) is 12.4 Å². The molecule has 0 saturated carbocycles. The quantitative estimate of drug-likeness (QED) is 0.256. The van der Waals surface area contributed by atoms with E-state index in [9.17, 15) is 14.4 Å². The van der Waals surface area contributed by atoms with Gasteiger partial charge >= 0.3 is 5.69 Å². The Morgan fingerprint density at radius 3 is 1.98 bits per heavy atom. The lowest BCUT2D eigenvalue weighted by molar-refractivity contribution is -0.120. The van der Waals surface area contributed by atoms with E-state index >= 15 is 4.39 Å². The third kappa shape index (κ3) is 5.95. The summed E-state index contributed by atoms with van der Waals surface area (Å²) in [6.45, 7) is -0.181. The summed E-state index contributed by atoms with van der Waals surface area (Å²) in [5.74, 6) is -0.456. The fourth-order valence-electron chi connectivity index (χ4n) is 5.54. The molecule has 43 heavy (non-hydrogen) atoms. The highest BCUT2D eigenvalue weighted by Crippen LogP contribution is 2.44. The molecular formula is C32H32FN3O7. The van der Waals surface area contributed by atoms with Crippen LogP contribution in [0.25, 0.3) is 0 Å². The number of hydrogen-bond acceptors (Lipinski definition) is 7. The molecule has 0 radical (unpaired) electrons. The van der Waals surface area contributed by atoms with Gasteiger partial charge < -0.3 is 24.7 Å². The van der Waals surface area contributed by atoms with E-state index in [4.69, 9.17) is 24.7 Å². The van der Waals surface area contributed by atoms with Crippen molar-refractivity contribution in [1.29, 1.82) is 0 Å². The first-order valence-electron chi connectivity index (χ1n) is 13.6. The van der Waals surface area contributed by atoms with Gasteiger partial charge in [0, 0.05) is 24.6 Å². The first-order chi connectivity index (χ1) is 20.8. The zero-order valence-corrected chi connectivity index (χ0v) is 23.6. The molecule has 4 atom stereocenters. The van der Waals surface area contributed by atoms with Crippen LogP contribution in [0.1, 0.15) is 29.3 Å². The number of nitrogens with two attached hydrogens (primary N) is 1. The first-order valence-corrected chi connectivity index (χ1v) is 13.6. The molecule has 0 aliphatic carbocycles. The Morgan fingerprint density at radius 1 is 0.907 bits per heavy atom. The van der Waals surface area contributed by atoms with Gasteiger partial charge in [0.25, 0.3) is 5.56 Å². The van der Waals surface area contributed by atoms with E-state index in [1.54, 1.807) is 14.2 Å². The zero-order valence-electron chi connectivity index (χ0n) is 23.6. The Labute approximate surface area is 246 Å². The number of amides is 1. The lowest BCUT2D eigenvalue weighted by Gasteiger charge is -2.37. The Kier molecular flexibility index (Phi) is 8.74. The Bertz CT molecular complexity index is 1610. The maximum absolute atomic E-state index is 15.9. The largest absolute Gasteiger partial charge is 0.497 e. The molecule has 1 aliphatic heterocycles. The van der Waals surface area contributed by atoms with Gasteiger partial charge in [-0.15, -0.1) is 0 Å². The molecule has 4 aromatic rings. The molecule has 1 fully saturated rings. The average molecular weight is 590 g/mol. The minimum absolute atomic E-state index is 0.181. The lowest BCUT2D eigenvalue weighted by Crippen LogP contribution is -2.38. The van der Waals surface area contributed by atoms with Crippen LogP contribution in [0, 0.1) is 5.92 Å². The summed E-state index contributed by atoms with van der Waals surface area (Å²) in [5.41, 5.74) is 5.08. The van der Waals surface area contributed by atoms with E-state index in [1.165, 1.54) is 0 Å². The van der Waals surface area contributed by atoms with E-state index in [0.29, 0.717) is 11.5 Å². The van der Waals surface area contributed by atoms with Crippen LogP contribution in [-0.4, -0.2) is 48.6 Å². The minimum atomic E-state index is -1.79. The molecule has 1 amide bonds. The summed E-state index contributed by atoms with van der Waals surface area (Å²) < 4.78 is 40.5. The van der Waals surface area contributed by atoms with Crippen LogP contribution in [0.5, 0.6) is 11.5 Å². The summed E-state index contributed by atoms with van der Waals surface area (Å²) in [7, 11) is 3.15. The second-order valence-corrected chi connectivity index (χ2v) is 10.2. The maximum Gasteiger partial charge on any atom is 0.330 e. The molecule has 0 unspecified atom stereocenters. The summed E-state index contributed by atoms with van der Waals surface area (Å²) in [6.07, 6.45) is -3.36. The Balaban J connectivity index is 1.60. The fourth-order valence-corrected chi connectivity index (χ4v) is 5.54. The normalized spacial score (nSPS) is 20.1. The molecule has 224 valence electrons. The molecule has 11 heteroatoms. The molecule has 1 aromatic heterocycles. The average Bonchev–Trinajstić information content (AvgIpc) is 3.32. The molecule has 3 aromatic carbocycles. The topological polar surface area (TPSA) is 135 Å². The molecule has 1 aliphatic rings. The van der Waals surface area contributed by atoms with Crippen LogP contribution in [0.15, 0.2) is 101 Å². The van der Waals surface area contributed by atoms with Crippen molar-refractivity contribution >= 4 is 5.91 Å². The van der Waals surface area contributed by atoms with Crippen LogP contribution >= 0.6 is 0 Å². The van der Waals surface area contributed by atoms with Crippen molar-refractivity contribution in [3.63, 3.8) is 0 Å². The summed E-state index contributed by atoms with van der Waals surface area (Å²) in [4.78, 5) is 38.2. The molecule has 3 N–H and O–H groups in total. The van der Waals surface area contributed by atoms with Gasteiger partial charge in [-0.2, -0.15) is 0 Å². The van der Waals surface area contributed by atoms with Crippen LogP contribution in [-0.2, 0) is 19.9 Å². The molecule has 2 heterocycles. The summed E-state index contributed by atoms with van der Waals surface area (Å²) >= 11 is 0. The van der Waals surface area contributed by atoms with E-state index in [-0.39, 0.29) is 13.0 Å². The van der Waals surface area contributed by atoms with E-state index in [1.807, 2.05) is 78.9 Å². The van der Waals surface area contributed by atoms with Gasteiger partial charge in [-0.05, 0) is 41.0 Å². The monoisotopic (exact) mass is 589 g/mol. The number of rotatable bonds is 11. The second kappa shape index (κ2) is 12.6.